The van der Waals surface area contributed by atoms with Crippen LogP contribution in [0, 0.1) is 5.92 Å². The van der Waals surface area contributed by atoms with E-state index in [-0.39, 0.29) is 11.8 Å². The molecule has 0 saturated heterocycles. The normalized spacial score (nSPS) is 19.5. The molecule has 2 aromatic carbocycles. The van der Waals surface area contributed by atoms with Crippen LogP contribution in [0.4, 0.5) is 5.69 Å². The van der Waals surface area contributed by atoms with Gasteiger partial charge in [-0.3, -0.25) is 14.4 Å². The van der Waals surface area contributed by atoms with Crippen LogP contribution < -0.4 is 11.1 Å². The summed E-state index contributed by atoms with van der Waals surface area (Å²) >= 11 is 0. The highest BCUT2D eigenvalue weighted by atomic mass is 16.2. The summed E-state index contributed by atoms with van der Waals surface area (Å²) in [6.45, 7) is 4.84. The smallest absolute Gasteiger partial charge is 0.254 e. The number of nitrogens with zero attached hydrogens (tertiary/aromatic N) is 1. The summed E-state index contributed by atoms with van der Waals surface area (Å²) in [6.07, 6.45) is 3.64. The maximum Gasteiger partial charge on any atom is 0.254 e. The Labute approximate surface area is 182 Å². The topological polar surface area (TPSA) is 92.5 Å². The second-order valence-electron chi connectivity index (χ2n) is 9.07. The summed E-state index contributed by atoms with van der Waals surface area (Å²) in [6, 6.07) is 14.1. The molecule has 2 aromatic rings. The molecule has 1 atom stereocenters. The summed E-state index contributed by atoms with van der Waals surface area (Å²) in [7, 11) is 0. The second-order valence-corrected chi connectivity index (χ2v) is 9.07. The van der Waals surface area contributed by atoms with E-state index in [4.69, 9.17) is 5.73 Å². The predicted octanol–water partition coefficient (Wildman–Crippen LogP) is 3.93. The maximum atomic E-state index is 13.7. The van der Waals surface area contributed by atoms with Crippen LogP contribution >= 0.6 is 0 Å². The van der Waals surface area contributed by atoms with Gasteiger partial charge in [0.1, 0.15) is 0 Å². The van der Waals surface area contributed by atoms with E-state index in [1.807, 2.05) is 29.2 Å². The van der Waals surface area contributed by atoms with Crippen LogP contribution in [0.15, 0.2) is 48.5 Å². The number of nitrogens with one attached hydrogen (secondary N) is 1. The van der Waals surface area contributed by atoms with Crippen molar-refractivity contribution in [2.24, 2.45) is 11.7 Å². The van der Waals surface area contributed by atoms with Crippen molar-refractivity contribution < 1.29 is 14.4 Å². The Hall–Kier alpha value is -3.15. The van der Waals surface area contributed by atoms with Crippen LogP contribution in [0.5, 0.6) is 0 Å². The van der Waals surface area contributed by atoms with Gasteiger partial charge in [-0.05, 0) is 54.7 Å². The van der Waals surface area contributed by atoms with Crippen molar-refractivity contribution in [1.82, 2.24) is 4.90 Å². The number of anilines is 1. The first-order chi connectivity index (χ1) is 14.8. The van der Waals surface area contributed by atoms with E-state index in [9.17, 15) is 14.4 Å². The molecule has 1 saturated carbocycles. The van der Waals surface area contributed by atoms with Crippen LogP contribution in [-0.2, 0) is 4.79 Å². The van der Waals surface area contributed by atoms with Crippen molar-refractivity contribution >= 4 is 23.4 Å². The number of carbonyl (C=O) groups is 3. The van der Waals surface area contributed by atoms with Gasteiger partial charge < -0.3 is 16.0 Å². The zero-order valence-corrected chi connectivity index (χ0v) is 18.1. The molecule has 0 radical (unpaired) electrons. The molecule has 0 unspecified atom stereocenters. The number of carbonyl (C=O) groups excluding carboxylic acids is 3. The Kier molecular flexibility index (Phi) is 5.56. The van der Waals surface area contributed by atoms with Crippen molar-refractivity contribution in [1.29, 1.82) is 0 Å². The summed E-state index contributed by atoms with van der Waals surface area (Å²) in [4.78, 5) is 40.5. The van der Waals surface area contributed by atoms with E-state index < -0.39 is 17.4 Å². The Morgan fingerprint density at radius 1 is 1.10 bits per heavy atom. The quantitative estimate of drug-likeness (QED) is 0.769. The maximum absolute atomic E-state index is 13.7. The van der Waals surface area contributed by atoms with Crippen molar-refractivity contribution in [3.63, 3.8) is 0 Å². The molecular weight excluding hydrogens is 390 g/mol. The number of hydrogen-bond acceptors (Lipinski definition) is 3. The minimum absolute atomic E-state index is 0.0288. The molecule has 1 fully saturated rings. The second kappa shape index (κ2) is 8.17. The minimum atomic E-state index is -0.508. The molecule has 1 aliphatic carbocycles. The van der Waals surface area contributed by atoms with E-state index >= 15 is 0 Å². The fourth-order valence-electron chi connectivity index (χ4n) is 5.23. The van der Waals surface area contributed by atoms with Gasteiger partial charge in [-0.25, -0.2) is 0 Å². The lowest BCUT2D eigenvalue weighted by molar-refractivity contribution is -0.121. The molecule has 4 rings (SSSR count). The van der Waals surface area contributed by atoms with Gasteiger partial charge in [0, 0.05) is 23.4 Å². The molecule has 6 nitrogen and oxygen atoms in total. The first kappa shape index (κ1) is 21.1. The number of nitrogens with two attached hydrogens (primary N) is 1. The molecule has 0 aromatic heterocycles. The summed E-state index contributed by atoms with van der Waals surface area (Å²) < 4.78 is 0. The Bertz CT molecular complexity index is 1010. The van der Waals surface area contributed by atoms with Crippen LogP contribution in [0.3, 0.4) is 0 Å². The highest BCUT2D eigenvalue weighted by Crippen LogP contribution is 2.50. The zero-order valence-electron chi connectivity index (χ0n) is 18.1. The first-order valence-electron chi connectivity index (χ1n) is 10.9. The lowest BCUT2D eigenvalue weighted by atomic mass is 9.70. The van der Waals surface area contributed by atoms with Gasteiger partial charge in [0.25, 0.3) is 5.91 Å². The fourth-order valence-corrected chi connectivity index (χ4v) is 5.23. The molecule has 31 heavy (non-hydrogen) atoms. The molecule has 6 heteroatoms. The van der Waals surface area contributed by atoms with Gasteiger partial charge in [-0.15, -0.1) is 0 Å². The van der Waals surface area contributed by atoms with Crippen LogP contribution in [0.2, 0.25) is 0 Å². The predicted molar refractivity (Wildman–Crippen MR) is 120 cm³/mol. The average molecular weight is 420 g/mol. The van der Waals surface area contributed by atoms with Gasteiger partial charge in [0.15, 0.2) is 0 Å². The SMILES string of the molecule is CC(C)CN1C(=O)c2ccccc2[C@H](C(=O)Nc2ccc(C(N)=O)cc2)C12CCCC2. The zero-order chi connectivity index (χ0) is 22.2. The third-order valence-corrected chi connectivity index (χ3v) is 6.54. The number of fused-ring (bicyclic) bond motifs is 1. The fraction of sp³-hybridized carbons (Fsp3) is 0.400. The molecule has 0 bridgehead atoms. The highest BCUT2D eigenvalue weighted by Gasteiger charge is 2.55. The minimum Gasteiger partial charge on any atom is -0.366 e. The highest BCUT2D eigenvalue weighted by molar-refractivity contribution is 6.05. The van der Waals surface area contributed by atoms with Crippen molar-refractivity contribution in [2.75, 3.05) is 11.9 Å². The van der Waals surface area contributed by atoms with Gasteiger partial charge >= 0.3 is 0 Å². The molecule has 2 aliphatic rings. The first-order valence-corrected chi connectivity index (χ1v) is 10.9. The Morgan fingerprint density at radius 3 is 2.35 bits per heavy atom. The molecule has 162 valence electrons. The number of rotatable bonds is 5. The van der Waals surface area contributed by atoms with E-state index in [1.54, 1.807) is 24.3 Å². The number of primary amides is 1. The van der Waals surface area contributed by atoms with Gasteiger partial charge in [0.05, 0.1) is 11.5 Å². The standard InChI is InChI=1S/C25H29N3O3/c1-16(2)15-28-24(31)20-8-4-3-7-19(20)21(25(28)13-5-6-14-25)23(30)27-18-11-9-17(10-12-18)22(26)29/h3-4,7-12,16,21H,5-6,13-15H2,1-2H3,(H2,26,29)(H,27,30)/t21-/m1/s1. The molecule has 1 aliphatic heterocycles. The van der Waals surface area contributed by atoms with E-state index in [2.05, 4.69) is 19.2 Å². The van der Waals surface area contributed by atoms with Crippen LogP contribution in [-0.4, -0.2) is 34.7 Å². The van der Waals surface area contributed by atoms with E-state index in [0.717, 1.165) is 31.2 Å². The number of benzene rings is 2. The van der Waals surface area contributed by atoms with Crippen LogP contribution in [0.25, 0.3) is 0 Å². The molecule has 1 heterocycles. The van der Waals surface area contributed by atoms with Crippen LogP contribution in [0.1, 0.15) is 71.7 Å². The molecule has 1 spiro atoms. The number of amides is 3. The third kappa shape index (κ3) is 3.71. The molecular formula is C25H29N3O3. The monoisotopic (exact) mass is 419 g/mol. The lowest BCUT2D eigenvalue weighted by Gasteiger charge is -2.50. The number of hydrogen-bond donors (Lipinski definition) is 2. The largest absolute Gasteiger partial charge is 0.366 e. The van der Waals surface area contributed by atoms with Crippen molar-refractivity contribution in [2.45, 2.75) is 51.0 Å². The van der Waals surface area contributed by atoms with Gasteiger partial charge in [-0.2, -0.15) is 0 Å². The van der Waals surface area contributed by atoms with E-state index in [1.165, 1.54) is 0 Å². The van der Waals surface area contributed by atoms with Gasteiger partial charge in [-0.1, -0.05) is 44.9 Å². The molecule has 3 N–H and O–H groups in total. The molecule has 3 amide bonds. The Balaban J connectivity index is 1.75. The summed E-state index contributed by atoms with van der Waals surface area (Å²) in [5.74, 6) is -0.745. The Morgan fingerprint density at radius 2 is 1.74 bits per heavy atom. The lowest BCUT2D eigenvalue weighted by Crippen LogP contribution is -2.60. The average Bonchev–Trinajstić information content (AvgIpc) is 3.21. The summed E-state index contributed by atoms with van der Waals surface area (Å²) in [5, 5.41) is 3.03. The van der Waals surface area contributed by atoms with Gasteiger partial charge in [0.2, 0.25) is 11.8 Å². The van der Waals surface area contributed by atoms with Crippen molar-refractivity contribution in [3.05, 3.63) is 65.2 Å². The van der Waals surface area contributed by atoms with E-state index in [0.29, 0.717) is 29.3 Å². The summed E-state index contributed by atoms with van der Waals surface area (Å²) in [5.41, 5.74) is 7.23. The third-order valence-electron chi connectivity index (χ3n) is 6.54. The van der Waals surface area contributed by atoms with Crippen molar-refractivity contribution in [3.8, 4) is 0 Å².